The fourth-order valence-electron chi connectivity index (χ4n) is 13.3. The molecule has 0 aromatic heterocycles. The van der Waals surface area contributed by atoms with E-state index in [-0.39, 0.29) is 29.9 Å². The second-order valence-electron chi connectivity index (χ2n) is 36.0. The Bertz CT molecular complexity index is 4140. The molecule has 568 valence electrons. The summed E-state index contributed by atoms with van der Waals surface area (Å²) in [5.41, 5.74) is 11.2. The van der Waals surface area contributed by atoms with Gasteiger partial charge in [0.05, 0.1) is 35.4 Å². The van der Waals surface area contributed by atoms with Crippen LogP contribution in [0.2, 0.25) is 0 Å². The number of hydrogen-bond donors (Lipinski definition) is 1. The van der Waals surface area contributed by atoms with Crippen molar-refractivity contribution in [2.45, 2.75) is 230 Å². The number of rotatable bonds is 20. The number of nitrogens with zero attached hydrogens (tertiary/aromatic N) is 3. The van der Waals surface area contributed by atoms with Gasteiger partial charge >= 0.3 is 24.2 Å². The number of hydrogen-bond acceptors (Lipinski definition) is 13. The maximum Gasteiger partial charge on any atom is 0.514 e. The molecule has 14 nitrogen and oxygen atoms in total. The second kappa shape index (κ2) is 31.7. The predicted molar refractivity (Wildman–Crippen MR) is 427 cm³/mol. The average molecular weight is 1450 g/mol. The van der Waals surface area contributed by atoms with Gasteiger partial charge in [0.15, 0.2) is 6.54 Å². The van der Waals surface area contributed by atoms with Crippen LogP contribution in [-0.2, 0) is 57.9 Å². The molecule has 7 aromatic rings. The van der Waals surface area contributed by atoms with E-state index in [1.54, 1.807) is 65.8 Å². The number of phenols is 1. The molecule has 7 aromatic carbocycles. The first-order valence-electron chi connectivity index (χ1n) is 37.3. The molecule has 1 heterocycles. The summed E-state index contributed by atoms with van der Waals surface area (Å²) in [6, 6.07) is 43.5. The Labute approximate surface area is 631 Å². The van der Waals surface area contributed by atoms with Crippen molar-refractivity contribution in [2.75, 3.05) is 55.7 Å². The zero-order valence-corrected chi connectivity index (χ0v) is 68.1. The number of aromatic hydroxyl groups is 1. The number of ether oxygens (including phenoxy) is 6. The SMILES string of the molecule is CCN(CCOC(=O)c1cc(C(C)(C)C)c(OC(=O)OC(C)(C)C)c(C(C)(C)C)c1)c1ccc(C(=C2C(c3ccc(F)cc3)=[N+](CCc3cc(C(C)(C)C)c(O)c(C(C)(C)C)c3)c3ccccc32)c2ccc(N(CC)CCOC(=O)c3cc(C(C)(C)C)c(OC(=O)OC(C)(C)C)c(C(C)(C)C)c3)cc2)cc1. The summed E-state index contributed by atoms with van der Waals surface area (Å²) in [6.45, 7) is 54.4. The number of anilines is 2. The lowest BCUT2D eigenvalue weighted by Gasteiger charge is -2.30. The van der Waals surface area contributed by atoms with E-state index in [9.17, 15) is 24.3 Å². The molecule has 0 radical (unpaired) electrons. The zero-order chi connectivity index (χ0) is 78.8. The van der Waals surface area contributed by atoms with Gasteiger partial charge in [0.25, 0.3) is 0 Å². The second-order valence-corrected chi connectivity index (χ2v) is 36.0. The molecule has 0 atom stereocenters. The van der Waals surface area contributed by atoms with Gasteiger partial charge in [-0.1, -0.05) is 173 Å². The van der Waals surface area contributed by atoms with E-state index in [0.29, 0.717) is 89.8 Å². The van der Waals surface area contributed by atoms with Crippen LogP contribution in [0, 0.1) is 5.82 Å². The number of fused-ring (bicyclic) bond motifs is 1. The Kier molecular flexibility index (Phi) is 24.6. The maximum atomic E-state index is 15.3. The highest BCUT2D eigenvalue weighted by Crippen LogP contribution is 2.47. The van der Waals surface area contributed by atoms with Gasteiger partial charge in [-0.25, -0.2) is 23.6 Å². The third-order valence-corrected chi connectivity index (χ3v) is 18.8. The Hall–Kier alpha value is -9.24. The van der Waals surface area contributed by atoms with Crippen LogP contribution in [0.25, 0.3) is 11.1 Å². The molecular weight excluding hydrogens is 1330 g/mol. The molecule has 0 spiro atoms. The molecule has 1 N–H and O–H groups in total. The first kappa shape index (κ1) is 82.4. The van der Waals surface area contributed by atoms with Crippen molar-refractivity contribution in [3.8, 4) is 17.2 Å². The smallest absolute Gasteiger partial charge is 0.507 e. The van der Waals surface area contributed by atoms with E-state index in [0.717, 1.165) is 72.9 Å². The number of para-hydroxylation sites is 1. The Morgan fingerprint density at radius 1 is 0.443 bits per heavy atom. The molecular formula is C91H117FN3O11+. The van der Waals surface area contributed by atoms with Gasteiger partial charge in [0, 0.05) is 70.3 Å². The standard InChI is InChI=1S/C91H116FN3O11/c1-27-93(47-49-101-80(97)61-53-69(86(9,10)11)78(70(54-61)87(12,13)14)103-82(99)105-90(21,22)23)64-41-35-58(36-42-64)74(75-66-31-29-30-32-73(66)95(76(75)60-33-39-63(92)40-34-60)46-45-57-51-67(84(3,4)5)77(96)68(52-57)85(6,7)8)59-37-43-65(44-38-59)94(28-2)48-50-102-81(98)62-55-71(88(15,16)17)79(72(56-62)89(18,19)20)104-83(100)106-91(24,25)26/h29-44,51-56H,27-28,45-50H2,1-26H3/p+1. The van der Waals surface area contributed by atoms with E-state index in [2.05, 4.69) is 155 Å². The van der Waals surface area contributed by atoms with Gasteiger partial charge in [0.2, 0.25) is 11.4 Å². The van der Waals surface area contributed by atoms with Crippen molar-refractivity contribution < 1.29 is 61.7 Å². The number of phenolic OH excluding ortho intramolecular Hbond substituents is 1. The number of carbonyl (C=O) groups is 4. The molecule has 0 fully saturated rings. The van der Waals surface area contributed by atoms with Crippen LogP contribution in [0.1, 0.15) is 262 Å². The van der Waals surface area contributed by atoms with E-state index in [4.69, 9.17) is 28.4 Å². The molecule has 0 amide bonds. The molecule has 0 bridgehead atoms. The highest BCUT2D eigenvalue weighted by atomic mass is 19.1. The normalized spacial score (nSPS) is 13.1. The van der Waals surface area contributed by atoms with E-state index < -0.39 is 57.1 Å². The van der Waals surface area contributed by atoms with Crippen molar-refractivity contribution in [1.29, 1.82) is 0 Å². The third kappa shape index (κ3) is 20.3. The van der Waals surface area contributed by atoms with E-state index >= 15 is 4.39 Å². The molecule has 15 heteroatoms. The van der Waals surface area contributed by atoms with E-state index in [1.165, 1.54) is 12.1 Å². The van der Waals surface area contributed by atoms with Crippen LogP contribution in [0.5, 0.6) is 17.2 Å². The minimum atomic E-state index is -0.823. The fourth-order valence-corrected chi connectivity index (χ4v) is 13.3. The Morgan fingerprint density at radius 2 is 0.802 bits per heavy atom. The van der Waals surface area contributed by atoms with Crippen LogP contribution < -0.4 is 19.3 Å². The number of benzene rings is 7. The molecule has 8 rings (SSSR count). The number of likely N-dealkylation sites (N-methyl/N-ethyl adjacent to an activating group) is 2. The molecule has 0 saturated carbocycles. The summed E-state index contributed by atoms with van der Waals surface area (Å²) < 4.78 is 53.1. The lowest BCUT2D eigenvalue weighted by molar-refractivity contribution is -0.435. The minimum Gasteiger partial charge on any atom is -0.507 e. The average Bonchev–Trinajstić information content (AvgIpc) is 1.56. The minimum absolute atomic E-state index is 0.0832. The van der Waals surface area contributed by atoms with Crippen molar-refractivity contribution in [2.24, 2.45) is 0 Å². The molecule has 0 unspecified atom stereocenters. The third-order valence-electron chi connectivity index (χ3n) is 18.8. The van der Waals surface area contributed by atoms with Crippen molar-refractivity contribution >= 4 is 58.2 Å². The number of halogens is 1. The topological polar surface area (TPSA) is 153 Å². The highest BCUT2D eigenvalue weighted by molar-refractivity contribution is 6.38. The highest BCUT2D eigenvalue weighted by Gasteiger charge is 2.40. The predicted octanol–water partition coefficient (Wildman–Crippen LogP) is 21.7. The van der Waals surface area contributed by atoms with Gasteiger partial charge in [0.1, 0.15) is 47.5 Å². The van der Waals surface area contributed by atoms with Gasteiger partial charge in [-0.2, -0.15) is 4.58 Å². The first-order valence-corrected chi connectivity index (χ1v) is 37.3. The quantitative estimate of drug-likeness (QED) is 0.0334. The molecule has 0 aliphatic carbocycles. The van der Waals surface area contributed by atoms with Crippen LogP contribution in [-0.4, -0.2) is 96.8 Å². The zero-order valence-electron chi connectivity index (χ0n) is 68.1. The number of carbonyl (C=O) groups excluding carboxylic acids is 4. The summed E-state index contributed by atoms with van der Waals surface area (Å²) in [7, 11) is 0. The van der Waals surface area contributed by atoms with E-state index in [1.807, 2.05) is 95.2 Å². The molecule has 1 aliphatic rings. The van der Waals surface area contributed by atoms with Crippen LogP contribution in [0.15, 0.2) is 133 Å². The first-order chi connectivity index (χ1) is 49.0. The summed E-state index contributed by atoms with van der Waals surface area (Å²) in [5, 5.41) is 11.8. The lowest BCUT2D eigenvalue weighted by atomic mass is 9.78. The molecule has 106 heavy (non-hydrogen) atoms. The fraction of sp³-hybridized carbons (Fsp3) is 0.462. The van der Waals surface area contributed by atoms with Gasteiger partial charge < -0.3 is 43.3 Å². The maximum absolute atomic E-state index is 15.3. The monoisotopic (exact) mass is 1450 g/mol. The van der Waals surface area contributed by atoms with Crippen molar-refractivity contribution in [1.82, 2.24) is 0 Å². The van der Waals surface area contributed by atoms with Gasteiger partial charge in [-0.15, -0.1) is 0 Å². The Balaban J connectivity index is 1.18. The lowest BCUT2D eigenvalue weighted by Crippen LogP contribution is -2.29. The van der Waals surface area contributed by atoms with Crippen LogP contribution in [0.3, 0.4) is 0 Å². The molecule has 1 aliphatic heterocycles. The summed E-state index contributed by atoms with van der Waals surface area (Å²) in [4.78, 5) is 59.3. The van der Waals surface area contributed by atoms with Crippen LogP contribution >= 0.6 is 0 Å². The van der Waals surface area contributed by atoms with Gasteiger partial charge in [-0.3, -0.25) is 0 Å². The van der Waals surface area contributed by atoms with Crippen molar-refractivity contribution in [3.63, 3.8) is 0 Å². The molecule has 0 saturated heterocycles. The number of esters is 2. The summed E-state index contributed by atoms with van der Waals surface area (Å²) in [6.07, 6.45) is -1.02. The number of allylic oxidation sites excluding steroid dienone is 1. The van der Waals surface area contributed by atoms with Crippen LogP contribution in [0.4, 0.5) is 31.0 Å². The van der Waals surface area contributed by atoms with Crippen molar-refractivity contribution in [3.05, 3.63) is 212 Å². The largest absolute Gasteiger partial charge is 0.514 e. The summed E-state index contributed by atoms with van der Waals surface area (Å²) in [5.74, 6) is -0.280. The Morgan fingerprint density at radius 3 is 1.14 bits per heavy atom. The summed E-state index contributed by atoms with van der Waals surface area (Å²) >= 11 is 0. The van der Waals surface area contributed by atoms with Gasteiger partial charge in [-0.05, 0) is 195 Å².